The molecule has 3 fully saturated rings. The molecule has 0 bridgehead atoms. The zero-order valence-corrected chi connectivity index (χ0v) is 31.4. The van der Waals surface area contributed by atoms with Gasteiger partial charge in [-0.15, -0.1) is 12.1 Å². The number of carbonyl (C=O) groups is 4. The minimum absolute atomic E-state index is 0. The Hall–Kier alpha value is -2.50. The predicted molar refractivity (Wildman–Crippen MR) is 182 cm³/mol. The maximum Gasteiger partial charge on any atom is 0.0555 e. The number of rotatable bonds is 16. The second kappa shape index (κ2) is 20.3. The third-order valence-corrected chi connectivity index (χ3v) is 10.2. The molecule has 3 saturated heterocycles. The van der Waals surface area contributed by atoms with Crippen molar-refractivity contribution in [3.05, 3.63) is 70.0 Å². The van der Waals surface area contributed by atoms with Crippen LogP contribution < -0.4 is 26.2 Å². The number of piperidine rings is 3. The van der Waals surface area contributed by atoms with Crippen molar-refractivity contribution < 1.29 is 89.0 Å². The van der Waals surface area contributed by atoms with Crippen LogP contribution in [0.5, 0.6) is 0 Å². The van der Waals surface area contributed by atoms with Crippen molar-refractivity contribution in [3.8, 4) is 11.1 Å². The number of carboxylic acid groups (broad SMARTS) is 4. The molecule has 285 valence electrons. The molecule has 1 radical (unpaired) electrons. The van der Waals surface area contributed by atoms with Crippen molar-refractivity contribution >= 4 is 29.6 Å². The largest absolute Gasteiger partial charge is 0.659 e. The van der Waals surface area contributed by atoms with Gasteiger partial charge >= 0.3 is 0 Å². The van der Waals surface area contributed by atoms with Gasteiger partial charge < -0.3 is 61.3 Å². The number of anilines is 1. The fourth-order valence-electron chi connectivity index (χ4n) is 7.98. The number of carbonyl (C=O) groups excluding carboxylic acids is 4. The SMILES string of the molecule is Nc1ccc(-c2ccc(C3CC(C4CCCC(CN(CC(=O)[O-])CC(=O)[O-])[N-]4)[N-]C(C4CCCC(CN(CC(=O)[O-])CC(=O)[O-])[N-]4)C3)cc2)cc1.[Eu]. The molecular weight excluding hydrogens is 808 g/mol. The van der Waals surface area contributed by atoms with Crippen molar-refractivity contribution in [1.82, 2.24) is 9.80 Å². The molecule has 6 atom stereocenters. The maximum atomic E-state index is 11.3. The number of nitrogens with zero attached hydrogens (tertiary/aromatic N) is 5. The Labute approximate surface area is 345 Å². The van der Waals surface area contributed by atoms with Crippen LogP contribution in [-0.2, 0) is 19.2 Å². The number of carboxylic acids is 4. The average molecular weight is 854 g/mol. The molecule has 0 spiro atoms. The monoisotopic (exact) mass is 854 g/mol. The van der Waals surface area contributed by atoms with E-state index in [1.165, 1.54) is 15.4 Å². The number of nitrogen functional groups attached to an aromatic ring is 1. The van der Waals surface area contributed by atoms with E-state index >= 15 is 0 Å². The van der Waals surface area contributed by atoms with Gasteiger partial charge in [0.05, 0.1) is 23.9 Å². The fourth-order valence-corrected chi connectivity index (χ4v) is 7.98. The van der Waals surface area contributed by atoms with Gasteiger partial charge in [0.2, 0.25) is 0 Å². The fraction of sp³-hybridized carbons (Fsp3) is 0.568. The van der Waals surface area contributed by atoms with Gasteiger partial charge in [0.25, 0.3) is 0 Å². The van der Waals surface area contributed by atoms with Gasteiger partial charge in [-0.05, 0) is 47.8 Å². The summed E-state index contributed by atoms with van der Waals surface area (Å²) in [5, 5.41) is 60.8. The minimum atomic E-state index is -1.36. The van der Waals surface area contributed by atoms with Crippen LogP contribution in [0, 0.1) is 49.4 Å². The second-order valence-electron chi connectivity index (χ2n) is 14.1. The van der Waals surface area contributed by atoms with Crippen molar-refractivity contribution in [2.45, 2.75) is 93.5 Å². The quantitative estimate of drug-likeness (QED) is 0.204. The van der Waals surface area contributed by atoms with E-state index in [0.29, 0.717) is 18.5 Å². The molecule has 2 aromatic rings. The van der Waals surface area contributed by atoms with Crippen molar-refractivity contribution in [2.75, 3.05) is 45.0 Å². The van der Waals surface area contributed by atoms with Crippen molar-refractivity contribution in [2.24, 2.45) is 0 Å². The van der Waals surface area contributed by atoms with E-state index in [0.717, 1.165) is 49.7 Å². The van der Waals surface area contributed by atoms with Gasteiger partial charge in [0.1, 0.15) is 0 Å². The summed E-state index contributed by atoms with van der Waals surface area (Å²) in [4.78, 5) is 47.8. The molecule has 0 amide bonds. The van der Waals surface area contributed by atoms with Crippen molar-refractivity contribution in [3.63, 3.8) is 0 Å². The predicted octanol–water partition coefficient (Wildman–Crippen LogP) is -0.883. The Morgan fingerprint density at radius 3 is 1.35 bits per heavy atom. The van der Waals surface area contributed by atoms with E-state index in [1.54, 1.807) is 0 Å². The van der Waals surface area contributed by atoms with Crippen LogP contribution in [0.4, 0.5) is 5.69 Å². The van der Waals surface area contributed by atoms with E-state index < -0.39 is 50.1 Å². The molecule has 3 aliphatic rings. The molecular formula is C37H45EuN6O8-7. The van der Waals surface area contributed by atoms with Crippen LogP contribution in [-0.4, -0.2) is 109 Å². The Morgan fingerprint density at radius 2 is 0.962 bits per heavy atom. The summed E-state index contributed by atoms with van der Waals surface area (Å²) in [6.07, 6.45) is 6.18. The number of benzene rings is 2. The Morgan fingerprint density at radius 1 is 0.577 bits per heavy atom. The molecule has 52 heavy (non-hydrogen) atoms. The number of hydrogen-bond acceptors (Lipinski definition) is 11. The first kappa shape index (κ1) is 42.2. The molecule has 2 aromatic carbocycles. The Bertz CT molecular complexity index is 1400. The maximum absolute atomic E-state index is 11.3. The van der Waals surface area contributed by atoms with Crippen LogP contribution >= 0.6 is 0 Å². The normalized spacial score (nSPS) is 26.4. The first-order valence-electron chi connectivity index (χ1n) is 17.7. The summed E-state index contributed by atoms with van der Waals surface area (Å²) in [5.74, 6) is -5.32. The zero-order valence-electron chi connectivity index (χ0n) is 29.0. The smallest absolute Gasteiger partial charge is 0.0555 e. The van der Waals surface area contributed by atoms with Crippen LogP contribution in [0.25, 0.3) is 27.1 Å². The number of nitrogens with two attached hydrogens (primary N) is 1. The van der Waals surface area contributed by atoms with E-state index in [9.17, 15) is 39.6 Å². The summed E-state index contributed by atoms with van der Waals surface area (Å²) >= 11 is 0. The van der Waals surface area contributed by atoms with Crippen LogP contribution in [0.3, 0.4) is 0 Å². The molecule has 5 rings (SSSR count). The number of aliphatic carboxylic acids is 4. The van der Waals surface area contributed by atoms with Gasteiger partial charge in [0, 0.05) is 81.2 Å². The summed E-state index contributed by atoms with van der Waals surface area (Å²) in [6, 6.07) is 15.1. The number of hydrogen-bond donors (Lipinski definition) is 1. The second-order valence-corrected chi connectivity index (χ2v) is 14.1. The van der Waals surface area contributed by atoms with E-state index in [4.69, 9.17) is 21.7 Å². The van der Waals surface area contributed by atoms with Crippen LogP contribution in [0.15, 0.2) is 48.5 Å². The standard InChI is InChI=1S/C37H49N6O8.Eu/c38-27-13-11-24(12-14-27)23-7-9-25(10-8-23)26-15-32(30-5-1-3-28(39-30)17-42(19-34(44)45)20-35(46)47)41-33(16-26)31-6-2-4-29(40-31)18-43(21-36(48)49)22-37(50)51;/h7-14,26,28-33H,1-6,15-22,38H2,(H,44,45)(H,46,47)(H,48,49)(H,50,51);/q-3;/p-4. The molecule has 6 unspecified atom stereocenters. The molecule has 3 aliphatic heterocycles. The van der Waals surface area contributed by atoms with Crippen molar-refractivity contribution in [1.29, 1.82) is 0 Å². The van der Waals surface area contributed by atoms with E-state index in [1.807, 2.05) is 24.3 Å². The topological polar surface area (TPSA) is 235 Å². The zero-order chi connectivity index (χ0) is 36.5. The van der Waals surface area contributed by atoms with Crippen LogP contribution in [0.2, 0.25) is 0 Å². The Kier molecular flexibility index (Phi) is 16.5. The van der Waals surface area contributed by atoms with Gasteiger partial charge in [0.15, 0.2) is 0 Å². The minimum Gasteiger partial charge on any atom is -0.659 e. The van der Waals surface area contributed by atoms with Gasteiger partial charge in [-0.2, -0.15) is 24.2 Å². The van der Waals surface area contributed by atoms with E-state index in [2.05, 4.69) is 24.3 Å². The third-order valence-electron chi connectivity index (χ3n) is 10.2. The first-order chi connectivity index (χ1) is 24.4. The third kappa shape index (κ3) is 12.8. The molecule has 3 heterocycles. The first-order valence-corrected chi connectivity index (χ1v) is 17.7. The van der Waals surface area contributed by atoms with Gasteiger partial charge in [-0.1, -0.05) is 87.8 Å². The summed E-state index contributed by atoms with van der Waals surface area (Å²) in [7, 11) is 0. The molecule has 0 aromatic heterocycles. The van der Waals surface area contributed by atoms with Gasteiger partial charge in [-0.3, -0.25) is 9.80 Å². The Balaban J connectivity index is 0.00000605. The summed E-state index contributed by atoms with van der Waals surface area (Å²) in [6.45, 7) is -1.77. The van der Waals surface area contributed by atoms with E-state index in [-0.39, 0.29) is 105 Å². The molecule has 14 nitrogen and oxygen atoms in total. The van der Waals surface area contributed by atoms with Crippen LogP contribution in [0.1, 0.15) is 62.8 Å². The van der Waals surface area contributed by atoms with Gasteiger partial charge in [-0.25, -0.2) is 0 Å². The molecule has 15 heteroatoms. The summed E-state index contributed by atoms with van der Waals surface area (Å²) < 4.78 is 0. The average Bonchev–Trinajstić information content (AvgIpc) is 3.07. The summed E-state index contributed by atoms with van der Waals surface area (Å²) in [5.41, 5.74) is 9.87. The molecule has 0 aliphatic carbocycles. The molecule has 0 saturated carbocycles. The molecule has 2 N–H and O–H groups in total.